The van der Waals surface area contributed by atoms with Crippen molar-refractivity contribution in [3.05, 3.63) is 36.7 Å². The Labute approximate surface area is 66.5 Å². The molecule has 0 aliphatic carbocycles. The van der Waals surface area contributed by atoms with Gasteiger partial charge in [-0.3, -0.25) is 4.98 Å². The number of nitrogens with zero attached hydrogens (tertiary/aromatic N) is 1. The summed E-state index contributed by atoms with van der Waals surface area (Å²) in [6, 6.07) is 3.73. The van der Waals surface area contributed by atoms with Crippen LogP contribution in [0.5, 0.6) is 5.75 Å². The molecule has 1 heterocycles. The van der Waals surface area contributed by atoms with Gasteiger partial charge in [0.1, 0.15) is 5.75 Å². The lowest BCUT2D eigenvalue weighted by molar-refractivity contribution is 0.413. The van der Waals surface area contributed by atoms with Crippen LogP contribution in [-0.2, 0) is 6.42 Å². The van der Waals surface area contributed by atoms with Crippen LogP contribution in [0, 0.1) is 0 Å². The molecule has 0 saturated carbocycles. The number of rotatable bonds is 3. The summed E-state index contributed by atoms with van der Waals surface area (Å²) >= 11 is 0. The molecule has 0 atom stereocenters. The van der Waals surface area contributed by atoms with Gasteiger partial charge in [-0.15, -0.1) is 6.58 Å². The van der Waals surface area contributed by atoms with Crippen molar-refractivity contribution in [3.63, 3.8) is 0 Å². The maximum atomic E-state index is 5.03. The maximum absolute atomic E-state index is 5.03. The Hall–Kier alpha value is -1.31. The number of pyridine rings is 1. The van der Waals surface area contributed by atoms with Crippen LogP contribution in [-0.4, -0.2) is 12.1 Å². The van der Waals surface area contributed by atoms with Crippen LogP contribution in [0.25, 0.3) is 0 Å². The number of hydrogen-bond acceptors (Lipinski definition) is 2. The van der Waals surface area contributed by atoms with Crippen molar-refractivity contribution < 1.29 is 4.74 Å². The molecule has 1 aromatic rings. The van der Waals surface area contributed by atoms with Gasteiger partial charge in [-0.1, -0.05) is 6.08 Å². The molecule has 0 radical (unpaired) electrons. The van der Waals surface area contributed by atoms with Crippen molar-refractivity contribution in [1.29, 1.82) is 0 Å². The first-order valence-electron chi connectivity index (χ1n) is 3.46. The van der Waals surface area contributed by atoms with Gasteiger partial charge < -0.3 is 4.74 Å². The van der Waals surface area contributed by atoms with Gasteiger partial charge in [0.05, 0.1) is 7.11 Å². The van der Waals surface area contributed by atoms with Crippen LogP contribution in [0.2, 0.25) is 0 Å². The van der Waals surface area contributed by atoms with Crippen LogP contribution < -0.4 is 4.74 Å². The van der Waals surface area contributed by atoms with Gasteiger partial charge in [0.25, 0.3) is 0 Å². The molecule has 11 heavy (non-hydrogen) atoms. The molecular formula is C9H11NO. The number of methoxy groups -OCH3 is 1. The summed E-state index contributed by atoms with van der Waals surface area (Å²) in [5.74, 6) is 0.844. The first-order valence-corrected chi connectivity index (χ1v) is 3.46. The highest BCUT2D eigenvalue weighted by Crippen LogP contribution is 2.09. The molecule has 0 fully saturated rings. The van der Waals surface area contributed by atoms with E-state index < -0.39 is 0 Å². The highest BCUT2D eigenvalue weighted by Gasteiger charge is 1.93. The molecule has 2 nitrogen and oxygen atoms in total. The quantitative estimate of drug-likeness (QED) is 0.611. The van der Waals surface area contributed by atoms with Crippen LogP contribution in [0.15, 0.2) is 31.0 Å². The van der Waals surface area contributed by atoms with Crippen LogP contribution >= 0.6 is 0 Å². The summed E-state index contributed by atoms with van der Waals surface area (Å²) in [4.78, 5) is 4.13. The van der Waals surface area contributed by atoms with Crippen molar-refractivity contribution in [3.8, 4) is 5.75 Å². The van der Waals surface area contributed by atoms with Gasteiger partial charge in [-0.2, -0.15) is 0 Å². The van der Waals surface area contributed by atoms with Crippen molar-refractivity contribution in [2.75, 3.05) is 7.11 Å². The fraction of sp³-hybridized carbons (Fsp3) is 0.222. The Morgan fingerprint density at radius 3 is 3.18 bits per heavy atom. The molecule has 0 aliphatic heterocycles. The van der Waals surface area contributed by atoms with Gasteiger partial charge >= 0.3 is 0 Å². The Kier molecular flexibility index (Phi) is 2.66. The Morgan fingerprint density at radius 1 is 1.73 bits per heavy atom. The minimum Gasteiger partial charge on any atom is -0.497 e. The Bertz CT molecular complexity index is 245. The van der Waals surface area contributed by atoms with Crippen molar-refractivity contribution in [2.45, 2.75) is 6.42 Å². The molecule has 1 aromatic heterocycles. The standard InChI is InChI=1S/C9H11NO/c1-3-4-8-7-9(11-2)5-6-10-8/h3,5-7H,1,4H2,2H3. The lowest BCUT2D eigenvalue weighted by Crippen LogP contribution is -1.88. The summed E-state index contributed by atoms with van der Waals surface area (Å²) < 4.78 is 5.03. The van der Waals surface area contributed by atoms with E-state index in [0.717, 1.165) is 17.9 Å². The smallest absolute Gasteiger partial charge is 0.122 e. The Morgan fingerprint density at radius 2 is 2.55 bits per heavy atom. The molecular weight excluding hydrogens is 138 g/mol. The fourth-order valence-corrected chi connectivity index (χ4v) is 0.843. The summed E-state index contributed by atoms with van der Waals surface area (Å²) in [5.41, 5.74) is 0.986. The third-order valence-electron chi connectivity index (χ3n) is 1.38. The molecule has 0 aliphatic rings. The summed E-state index contributed by atoms with van der Waals surface area (Å²) in [6.07, 6.45) is 4.34. The third-order valence-corrected chi connectivity index (χ3v) is 1.38. The summed E-state index contributed by atoms with van der Waals surface area (Å²) in [5, 5.41) is 0. The number of ether oxygens (including phenoxy) is 1. The lowest BCUT2D eigenvalue weighted by atomic mass is 10.2. The van der Waals surface area contributed by atoms with E-state index in [1.165, 1.54) is 0 Å². The number of hydrogen-bond donors (Lipinski definition) is 0. The zero-order valence-electron chi connectivity index (χ0n) is 6.58. The number of allylic oxidation sites excluding steroid dienone is 1. The molecule has 0 N–H and O–H groups in total. The van der Waals surface area contributed by atoms with Gasteiger partial charge in [0.15, 0.2) is 0 Å². The Balaban J connectivity index is 2.82. The summed E-state index contributed by atoms with van der Waals surface area (Å²) in [6.45, 7) is 3.63. The monoisotopic (exact) mass is 149 g/mol. The fourth-order valence-electron chi connectivity index (χ4n) is 0.843. The van der Waals surface area contributed by atoms with Crippen molar-refractivity contribution in [2.24, 2.45) is 0 Å². The molecule has 0 saturated heterocycles. The molecule has 0 bridgehead atoms. The molecule has 2 heteroatoms. The minimum atomic E-state index is 0.789. The van der Waals surface area contributed by atoms with E-state index in [0.29, 0.717) is 0 Å². The van der Waals surface area contributed by atoms with E-state index in [1.54, 1.807) is 13.3 Å². The van der Waals surface area contributed by atoms with Gasteiger partial charge in [-0.05, 0) is 6.07 Å². The first kappa shape index (κ1) is 7.79. The van der Waals surface area contributed by atoms with E-state index in [1.807, 2.05) is 18.2 Å². The molecule has 58 valence electrons. The van der Waals surface area contributed by atoms with Gasteiger partial charge in [-0.25, -0.2) is 0 Å². The van der Waals surface area contributed by atoms with E-state index in [4.69, 9.17) is 4.74 Å². The molecule has 0 amide bonds. The zero-order chi connectivity index (χ0) is 8.10. The van der Waals surface area contributed by atoms with E-state index in [2.05, 4.69) is 11.6 Å². The highest BCUT2D eigenvalue weighted by molar-refractivity contribution is 5.23. The molecule has 1 rings (SSSR count). The topological polar surface area (TPSA) is 22.1 Å². The second-order valence-electron chi connectivity index (χ2n) is 2.18. The van der Waals surface area contributed by atoms with E-state index in [9.17, 15) is 0 Å². The van der Waals surface area contributed by atoms with Crippen LogP contribution in [0.4, 0.5) is 0 Å². The second kappa shape index (κ2) is 3.76. The number of aromatic nitrogens is 1. The zero-order valence-corrected chi connectivity index (χ0v) is 6.58. The first-order chi connectivity index (χ1) is 5.36. The van der Waals surface area contributed by atoms with Crippen LogP contribution in [0.1, 0.15) is 5.69 Å². The average molecular weight is 149 g/mol. The largest absolute Gasteiger partial charge is 0.497 e. The normalized spacial score (nSPS) is 9.18. The van der Waals surface area contributed by atoms with Crippen molar-refractivity contribution >= 4 is 0 Å². The second-order valence-corrected chi connectivity index (χ2v) is 2.18. The molecule has 0 unspecified atom stereocenters. The van der Waals surface area contributed by atoms with Crippen LogP contribution in [0.3, 0.4) is 0 Å². The van der Waals surface area contributed by atoms with Gasteiger partial charge in [0, 0.05) is 24.4 Å². The maximum Gasteiger partial charge on any atom is 0.122 e. The molecule has 0 aromatic carbocycles. The van der Waals surface area contributed by atoms with Gasteiger partial charge in [0.2, 0.25) is 0 Å². The predicted molar refractivity (Wildman–Crippen MR) is 44.7 cm³/mol. The SMILES string of the molecule is C=CCc1cc(OC)ccn1. The predicted octanol–water partition coefficient (Wildman–Crippen LogP) is 1.82. The average Bonchev–Trinajstić information content (AvgIpc) is 2.06. The third kappa shape index (κ3) is 2.08. The summed E-state index contributed by atoms with van der Waals surface area (Å²) in [7, 11) is 1.65. The lowest BCUT2D eigenvalue weighted by Gasteiger charge is -1.99. The highest BCUT2D eigenvalue weighted by atomic mass is 16.5. The van der Waals surface area contributed by atoms with Crippen molar-refractivity contribution in [1.82, 2.24) is 4.98 Å². The van der Waals surface area contributed by atoms with E-state index in [-0.39, 0.29) is 0 Å². The molecule has 0 spiro atoms. The minimum absolute atomic E-state index is 0.789. The van der Waals surface area contributed by atoms with E-state index >= 15 is 0 Å².